The van der Waals surface area contributed by atoms with Crippen LogP contribution in [0, 0.1) is 6.92 Å². The summed E-state index contributed by atoms with van der Waals surface area (Å²) in [6.45, 7) is 3.61. The van der Waals surface area contributed by atoms with E-state index in [2.05, 4.69) is 4.72 Å². The van der Waals surface area contributed by atoms with Crippen molar-refractivity contribution in [3.63, 3.8) is 0 Å². The van der Waals surface area contributed by atoms with Gasteiger partial charge in [-0.25, -0.2) is 13.1 Å². The number of amides is 1. The Morgan fingerprint density at radius 2 is 2.19 bits per heavy atom. The van der Waals surface area contributed by atoms with Gasteiger partial charge in [0.15, 0.2) is 0 Å². The van der Waals surface area contributed by atoms with E-state index >= 15 is 0 Å². The average Bonchev–Trinajstić information content (AvgIpc) is 2.40. The Kier molecular flexibility index (Phi) is 5.33. The van der Waals surface area contributed by atoms with E-state index in [1.807, 2.05) is 25.1 Å². The van der Waals surface area contributed by atoms with Crippen molar-refractivity contribution in [3.05, 3.63) is 35.4 Å². The van der Waals surface area contributed by atoms with E-state index in [9.17, 15) is 13.2 Å². The van der Waals surface area contributed by atoms with Crippen molar-refractivity contribution in [2.45, 2.75) is 12.7 Å². The molecular formula is C14H20N2O4S. The van der Waals surface area contributed by atoms with Crippen LogP contribution in [0.15, 0.2) is 24.3 Å². The van der Waals surface area contributed by atoms with Gasteiger partial charge in [0.25, 0.3) is 0 Å². The number of carbonyl (C=O) groups excluding carboxylic acids is 1. The third kappa shape index (κ3) is 5.11. The minimum absolute atomic E-state index is 0.0499. The van der Waals surface area contributed by atoms with Crippen molar-refractivity contribution in [2.24, 2.45) is 0 Å². The maximum atomic E-state index is 12.0. The zero-order valence-electron chi connectivity index (χ0n) is 12.0. The second-order valence-corrected chi connectivity index (χ2v) is 6.88. The van der Waals surface area contributed by atoms with Crippen LogP contribution in [0.25, 0.3) is 0 Å². The molecule has 1 saturated heterocycles. The van der Waals surface area contributed by atoms with Crippen molar-refractivity contribution in [1.29, 1.82) is 0 Å². The summed E-state index contributed by atoms with van der Waals surface area (Å²) in [6.07, 6.45) is 0. The summed E-state index contributed by atoms with van der Waals surface area (Å²) in [6, 6.07) is 7.41. The number of hydrogen-bond acceptors (Lipinski definition) is 4. The summed E-state index contributed by atoms with van der Waals surface area (Å²) in [5, 5.41) is 0. The first-order chi connectivity index (χ1) is 9.96. The molecule has 6 nitrogen and oxygen atoms in total. The minimum Gasteiger partial charge on any atom is -0.370 e. The van der Waals surface area contributed by atoms with Crippen LogP contribution in [0.4, 0.5) is 0 Å². The number of carbonyl (C=O) groups is 1. The molecular weight excluding hydrogens is 292 g/mol. The van der Waals surface area contributed by atoms with E-state index in [0.29, 0.717) is 19.7 Å². The van der Waals surface area contributed by atoms with Gasteiger partial charge < -0.3 is 9.64 Å². The third-order valence-corrected chi connectivity index (χ3v) is 4.58. The van der Waals surface area contributed by atoms with Crippen molar-refractivity contribution < 1.29 is 17.9 Å². The van der Waals surface area contributed by atoms with Crippen molar-refractivity contribution in [2.75, 3.05) is 32.8 Å². The van der Waals surface area contributed by atoms with Crippen LogP contribution < -0.4 is 4.72 Å². The molecule has 0 radical (unpaired) electrons. The summed E-state index contributed by atoms with van der Waals surface area (Å²) >= 11 is 0. The SMILES string of the molecule is Cc1cccc(CS(=O)(=O)NCCN2CCOCC2=O)c1. The number of nitrogens with one attached hydrogen (secondary N) is 1. The maximum absolute atomic E-state index is 12.0. The Hall–Kier alpha value is -1.44. The smallest absolute Gasteiger partial charge is 0.248 e. The van der Waals surface area contributed by atoms with E-state index in [-0.39, 0.29) is 24.8 Å². The first-order valence-electron chi connectivity index (χ1n) is 6.85. The van der Waals surface area contributed by atoms with Crippen molar-refractivity contribution >= 4 is 15.9 Å². The van der Waals surface area contributed by atoms with Gasteiger partial charge in [0.05, 0.1) is 12.4 Å². The van der Waals surface area contributed by atoms with Crippen LogP contribution in [0.5, 0.6) is 0 Å². The molecule has 1 heterocycles. The highest BCUT2D eigenvalue weighted by atomic mass is 32.2. The topological polar surface area (TPSA) is 75.7 Å². The summed E-state index contributed by atoms with van der Waals surface area (Å²) < 4.78 is 31.5. The molecule has 116 valence electrons. The second-order valence-electron chi connectivity index (χ2n) is 5.08. The van der Waals surface area contributed by atoms with Crippen LogP contribution in [0.2, 0.25) is 0 Å². The zero-order valence-corrected chi connectivity index (χ0v) is 12.9. The number of morpholine rings is 1. The molecule has 0 saturated carbocycles. The minimum atomic E-state index is -3.39. The van der Waals surface area contributed by atoms with E-state index in [0.717, 1.165) is 11.1 Å². The van der Waals surface area contributed by atoms with Crippen LogP contribution in [-0.2, 0) is 25.3 Å². The van der Waals surface area contributed by atoms with Gasteiger partial charge in [-0.15, -0.1) is 0 Å². The molecule has 1 amide bonds. The highest BCUT2D eigenvalue weighted by Gasteiger charge is 2.19. The highest BCUT2D eigenvalue weighted by Crippen LogP contribution is 2.07. The van der Waals surface area contributed by atoms with Gasteiger partial charge in [-0.05, 0) is 12.5 Å². The summed E-state index contributed by atoms with van der Waals surface area (Å²) in [7, 11) is -3.39. The molecule has 1 aliphatic rings. The predicted molar refractivity (Wildman–Crippen MR) is 79.2 cm³/mol. The number of sulfonamides is 1. The Labute approximate surface area is 125 Å². The molecule has 0 atom stereocenters. The Bertz CT molecular complexity index is 601. The predicted octanol–water partition coefficient (Wildman–Crippen LogP) is 0.273. The first kappa shape index (κ1) is 15.9. The molecule has 1 N–H and O–H groups in total. The molecule has 0 spiro atoms. The molecule has 21 heavy (non-hydrogen) atoms. The molecule has 1 aliphatic heterocycles. The van der Waals surface area contributed by atoms with E-state index in [4.69, 9.17) is 4.74 Å². The molecule has 2 rings (SSSR count). The number of aryl methyl sites for hydroxylation is 1. The zero-order chi connectivity index (χ0) is 15.3. The number of benzene rings is 1. The molecule has 1 aromatic carbocycles. The van der Waals surface area contributed by atoms with Gasteiger partial charge in [0.2, 0.25) is 15.9 Å². The molecule has 0 aliphatic carbocycles. The van der Waals surface area contributed by atoms with E-state index in [1.165, 1.54) is 0 Å². The second kappa shape index (κ2) is 7.02. The monoisotopic (exact) mass is 312 g/mol. The Morgan fingerprint density at radius 3 is 2.90 bits per heavy atom. The van der Waals surface area contributed by atoms with Gasteiger partial charge >= 0.3 is 0 Å². The number of ether oxygens (including phenoxy) is 1. The molecule has 0 bridgehead atoms. The van der Waals surface area contributed by atoms with Gasteiger partial charge in [-0.2, -0.15) is 0 Å². The van der Waals surface area contributed by atoms with Crippen LogP contribution in [-0.4, -0.2) is 52.1 Å². The standard InChI is InChI=1S/C14H20N2O4S/c1-12-3-2-4-13(9-12)11-21(18,19)15-5-6-16-7-8-20-10-14(16)17/h2-4,9,15H,5-8,10-11H2,1H3. The average molecular weight is 312 g/mol. The van der Waals surface area contributed by atoms with Crippen LogP contribution >= 0.6 is 0 Å². The largest absolute Gasteiger partial charge is 0.370 e. The third-order valence-electron chi connectivity index (χ3n) is 3.23. The van der Waals surface area contributed by atoms with Crippen LogP contribution in [0.1, 0.15) is 11.1 Å². The Balaban J connectivity index is 1.82. The van der Waals surface area contributed by atoms with Gasteiger partial charge in [0, 0.05) is 19.6 Å². The lowest BCUT2D eigenvalue weighted by atomic mass is 10.2. The van der Waals surface area contributed by atoms with Crippen LogP contribution in [0.3, 0.4) is 0 Å². The molecule has 0 aromatic heterocycles. The maximum Gasteiger partial charge on any atom is 0.248 e. The van der Waals surface area contributed by atoms with Gasteiger partial charge in [0.1, 0.15) is 6.61 Å². The lowest BCUT2D eigenvalue weighted by molar-refractivity contribution is -0.142. The van der Waals surface area contributed by atoms with Gasteiger partial charge in [-0.1, -0.05) is 29.8 Å². The summed E-state index contributed by atoms with van der Waals surface area (Å²) in [5.74, 6) is -0.148. The summed E-state index contributed by atoms with van der Waals surface area (Å²) in [4.78, 5) is 13.1. The number of nitrogens with zero attached hydrogens (tertiary/aromatic N) is 1. The highest BCUT2D eigenvalue weighted by molar-refractivity contribution is 7.88. The van der Waals surface area contributed by atoms with E-state index in [1.54, 1.807) is 11.0 Å². The summed E-state index contributed by atoms with van der Waals surface area (Å²) in [5.41, 5.74) is 1.78. The lowest BCUT2D eigenvalue weighted by Gasteiger charge is -2.26. The number of hydrogen-bond donors (Lipinski definition) is 1. The van der Waals surface area contributed by atoms with Crippen molar-refractivity contribution in [3.8, 4) is 0 Å². The molecule has 0 unspecified atom stereocenters. The lowest BCUT2D eigenvalue weighted by Crippen LogP contribution is -2.45. The fraction of sp³-hybridized carbons (Fsp3) is 0.500. The van der Waals surface area contributed by atoms with Crippen molar-refractivity contribution in [1.82, 2.24) is 9.62 Å². The van der Waals surface area contributed by atoms with Gasteiger partial charge in [-0.3, -0.25) is 4.79 Å². The molecule has 1 aromatic rings. The number of rotatable bonds is 6. The fourth-order valence-corrected chi connectivity index (χ4v) is 3.32. The fourth-order valence-electron chi connectivity index (χ4n) is 2.20. The Morgan fingerprint density at radius 1 is 1.38 bits per heavy atom. The van der Waals surface area contributed by atoms with E-state index < -0.39 is 10.0 Å². The quantitative estimate of drug-likeness (QED) is 0.818. The first-order valence-corrected chi connectivity index (χ1v) is 8.50. The molecule has 1 fully saturated rings. The molecule has 7 heteroatoms. The normalized spacial score (nSPS) is 16.2.